The molecule has 0 aliphatic carbocycles. The van der Waals surface area contributed by atoms with Crippen molar-refractivity contribution in [3.05, 3.63) is 64.4 Å². The lowest BCUT2D eigenvalue weighted by Crippen LogP contribution is -2.25. The van der Waals surface area contributed by atoms with Crippen LogP contribution in [0, 0.1) is 0 Å². The van der Waals surface area contributed by atoms with E-state index in [0.717, 1.165) is 29.7 Å². The zero-order valence-electron chi connectivity index (χ0n) is 18.1. The summed E-state index contributed by atoms with van der Waals surface area (Å²) in [5.74, 6) is 1.37. The molecule has 0 aliphatic rings. The van der Waals surface area contributed by atoms with E-state index < -0.39 is 0 Å². The first-order valence-corrected chi connectivity index (χ1v) is 11.5. The largest absolute Gasteiger partial charge is 0.497 e. The Labute approximate surface area is 189 Å². The fraction of sp³-hybridized carbons (Fsp3) is 0.304. The van der Waals surface area contributed by atoms with Crippen LogP contribution in [0.1, 0.15) is 25.3 Å². The van der Waals surface area contributed by atoms with Gasteiger partial charge in [0.05, 0.1) is 23.8 Å². The molecule has 0 saturated heterocycles. The number of benzene rings is 2. The van der Waals surface area contributed by atoms with Crippen LogP contribution in [0.2, 0.25) is 0 Å². The second-order valence-electron chi connectivity index (χ2n) is 7.36. The predicted molar refractivity (Wildman–Crippen MR) is 125 cm³/mol. The number of carbonyl (C=O) groups excluding carboxylic acids is 1. The van der Waals surface area contributed by atoms with E-state index in [2.05, 4.69) is 22.4 Å². The van der Waals surface area contributed by atoms with Gasteiger partial charge in [-0.2, -0.15) is 0 Å². The van der Waals surface area contributed by atoms with Crippen molar-refractivity contribution in [1.29, 1.82) is 0 Å². The highest BCUT2D eigenvalue weighted by Crippen LogP contribution is 2.21. The minimum absolute atomic E-state index is 0.0669. The molecule has 0 unspecified atom stereocenters. The summed E-state index contributed by atoms with van der Waals surface area (Å²) in [5, 5.41) is 12.7. The van der Waals surface area contributed by atoms with Gasteiger partial charge < -0.3 is 10.1 Å². The summed E-state index contributed by atoms with van der Waals surface area (Å²) in [5.41, 5.74) is 1.66. The first kappa shape index (κ1) is 21.9. The van der Waals surface area contributed by atoms with Gasteiger partial charge in [-0.05, 0) is 36.2 Å². The van der Waals surface area contributed by atoms with Gasteiger partial charge in [0, 0.05) is 13.1 Å². The molecule has 2 heterocycles. The maximum Gasteiger partial charge on any atom is 0.262 e. The number of para-hydroxylation sites is 1. The van der Waals surface area contributed by atoms with E-state index in [1.54, 1.807) is 11.7 Å². The fourth-order valence-corrected chi connectivity index (χ4v) is 4.24. The van der Waals surface area contributed by atoms with Gasteiger partial charge in [0.2, 0.25) is 11.7 Å². The molecule has 2 aromatic heterocycles. The molecule has 32 heavy (non-hydrogen) atoms. The van der Waals surface area contributed by atoms with Gasteiger partial charge in [-0.3, -0.25) is 18.6 Å². The van der Waals surface area contributed by atoms with Crippen molar-refractivity contribution in [2.45, 2.75) is 38.0 Å². The van der Waals surface area contributed by atoms with Crippen molar-refractivity contribution in [3.8, 4) is 5.75 Å². The molecule has 0 spiro atoms. The van der Waals surface area contributed by atoms with E-state index in [1.807, 2.05) is 52.9 Å². The molecule has 0 aliphatic heterocycles. The van der Waals surface area contributed by atoms with Crippen molar-refractivity contribution in [2.24, 2.45) is 0 Å². The van der Waals surface area contributed by atoms with Gasteiger partial charge in [0.15, 0.2) is 5.16 Å². The maximum atomic E-state index is 13.0. The quantitative estimate of drug-likeness (QED) is 0.393. The van der Waals surface area contributed by atoms with Crippen LogP contribution < -0.4 is 15.6 Å². The van der Waals surface area contributed by atoms with E-state index >= 15 is 0 Å². The van der Waals surface area contributed by atoms with E-state index in [1.165, 1.54) is 11.8 Å². The van der Waals surface area contributed by atoms with Crippen LogP contribution in [0.5, 0.6) is 5.75 Å². The molecule has 1 N–H and O–H groups in total. The van der Waals surface area contributed by atoms with Crippen molar-refractivity contribution < 1.29 is 9.53 Å². The number of carbonyl (C=O) groups is 1. The third kappa shape index (κ3) is 4.47. The first-order chi connectivity index (χ1) is 15.6. The number of aryl methyl sites for hydroxylation is 1. The summed E-state index contributed by atoms with van der Waals surface area (Å²) >= 11 is 1.30. The topological polar surface area (TPSA) is 90.5 Å². The molecule has 0 saturated carbocycles. The molecule has 4 aromatic rings. The Morgan fingerprint density at radius 2 is 1.91 bits per heavy atom. The summed E-state index contributed by atoms with van der Waals surface area (Å²) in [6.45, 7) is 3.09. The number of thioether (sulfide) groups is 1. The highest BCUT2D eigenvalue weighted by molar-refractivity contribution is 7.99. The van der Waals surface area contributed by atoms with Crippen molar-refractivity contribution >= 4 is 34.3 Å². The second kappa shape index (κ2) is 9.86. The van der Waals surface area contributed by atoms with Crippen LogP contribution in [0.3, 0.4) is 0 Å². The number of ether oxygens (including phenoxy) is 1. The molecule has 8 nitrogen and oxygen atoms in total. The number of unbranched alkanes of at least 4 members (excludes halogenated alkanes) is 1. The Kier molecular flexibility index (Phi) is 6.75. The molecule has 166 valence electrons. The summed E-state index contributed by atoms with van der Waals surface area (Å²) < 4.78 is 8.69. The lowest BCUT2D eigenvalue weighted by molar-refractivity contribution is -0.118. The minimum atomic E-state index is -0.105. The number of nitrogens with one attached hydrogen (secondary N) is 1. The normalized spacial score (nSPS) is 11.2. The van der Waals surface area contributed by atoms with Crippen molar-refractivity contribution in [3.63, 3.8) is 0 Å². The van der Waals surface area contributed by atoms with Crippen LogP contribution in [0.15, 0.2) is 58.5 Å². The second-order valence-corrected chi connectivity index (χ2v) is 8.30. The molecule has 1 amide bonds. The summed E-state index contributed by atoms with van der Waals surface area (Å²) in [4.78, 5) is 25.4. The van der Waals surface area contributed by atoms with Gasteiger partial charge in [-0.25, -0.2) is 0 Å². The molecular weight excluding hydrogens is 426 g/mol. The van der Waals surface area contributed by atoms with E-state index in [4.69, 9.17) is 4.74 Å². The number of amides is 1. The average molecular weight is 452 g/mol. The van der Waals surface area contributed by atoms with Crippen LogP contribution in [-0.2, 0) is 17.9 Å². The van der Waals surface area contributed by atoms with E-state index in [0.29, 0.717) is 29.4 Å². The maximum absolute atomic E-state index is 13.0. The van der Waals surface area contributed by atoms with Gasteiger partial charge in [0.25, 0.3) is 5.56 Å². The number of methoxy groups -OCH3 is 1. The van der Waals surface area contributed by atoms with E-state index in [9.17, 15) is 9.59 Å². The molecule has 9 heteroatoms. The molecule has 2 aromatic carbocycles. The summed E-state index contributed by atoms with van der Waals surface area (Å²) in [6.07, 6.45) is 1.84. The number of fused-ring (bicyclic) bond motifs is 3. The van der Waals surface area contributed by atoms with Crippen LogP contribution >= 0.6 is 11.8 Å². The summed E-state index contributed by atoms with van der Waals surface area (Å²) in [6, 6.07) is 15.0. The van der Waals surface area contributed by atoms with Crippen LogP contribution in [0.25, 0.3) is 16.7 Å². The fourth-order valence-electron chi connectivity index (χ4n) is 3.47. The van der Waals surface area contributed by atoms with Gasteiger partial charge in [-0.1, -0.05) is 49.4 Å². The molecule has 4 rings (SSSR count). The highest BCUT2D eigenvalue weighted by atomic mass is 32.2. The monoisotopic (exact) mass is 451 g/mol. The Morgan fingerprint density at radius 1 is 1.12 bits per heavy atom. The highest BCUT2D eigenvalue weighted by Gasteiger charge is 2.17. The van der Waals surface area contributed by atoms with E-state index in [-0.39, 0.29) is 17.2 Å². The standard InChI is InChI=1S/C23H25N5O3S/c1-3-4-13-27-21(30)18-7-5-6-8-19(18)28-22(27)25-26-23(28)32-15-20(29)24-14-16-9-11-17(31-2)12-10-16/h5-12H,3-4,13-15H2,1-2H3,(H,24,29). The van der Waals surface area contributed by atoms with Gasteiger partial charge >= 0.3 is 0 Å². The number of aromatic nitrogens is 4. The molecule has 0 fully saturated rings. The molecule has 0 radical (unpaired) electrons. The third-order valence-electron chi connectivity index (χ3n) is 5.19. The number of hydrogen-bond donors (Lipinski definition) is 1. The van der Waals surface area contributed by atoms with Gasteiger partial charge in [-0.15, -0.1) is 10.2 Å². The zero-order chi connectivity index (χ0) is 22.5. The predicted octanol–water partition coefficient (Wildman–Crippen LogP) is 3.26. The third-order valence-corrected chi connectivity index (χ3v) is 6.12. The summed E-state index contributed by atoms with van der Waals surface area (Å²) in [7, 11) is 1.62. The zero-order valence-corrected chi connectivity index (χ0v) is 18.9. The van der Waals surface area contributed by atoms with Crippen molar-refractivity contribution in [1.82, 2.24) is 24.5 Å². The Hall–Kier alpha value is -3.33. The molecule has 0 bridgehead atoms. The Balaban J connectivity index is 1.53. The SMILES string of the molecule is CCCCn1c(=O)c2ccccc2n2c(SCC(=O)NCc3ccc(OC)cc3)nnc12. The smallest absolute Gasteiger partial charge is 0.262 e. The lowest BCUT2D eigenvalue weighted by atomic mass is 10.2. The molecule has 0 atom stereocenters. The first-order valence-electron chi connectivity index (χ1n) is 10.5. The van der Waals surface area contributed by atoms with Crippen LogP contribution in [-0.4, -0.2) is 37.9 Å². The van der Waals surface area contributed by atoms with Crippen LogP contribution in [0.4, 0.5) is 0 Å². The Bertz CT molecular complexity index is 1300. The van der Waals surface area contributed by atoms with Gasteiger partial charge in [0.1, 0.15) is 5.75 Å². The minimum Gasteiger partial charge on any atom is -0.497 e. The number of nitrogens with zero attached hydrogens (tertiary/aromatic N) is 4. The number of rotatable bonds is 9. The number of hydrogen-bond acceptors (Lipinski definition) is 6. The Morgan fingerprint density at radius 3 is 2.66 bits per heavy atom. The van der Waals surface area contributed by atoms with Crippen molar-refractivity contribution in [2.75, 3.05) is 12.9 Å². The molecular formula is C23H25N5O3S. The lowest BCUT2D eigenvalue weighted by Gasteiger charge is -2.11. The average Bonchev–Trinajstić information content (AvgIpc) is 3.25.